The highest BCUT2D eigenvalue weighted by molar-refractivity contribution is 5.80. The van der Waals surface area contributed by atoms with E-state index >= 15 is 0 Å². The van der Waals surface area contributed by atoms with Gasteiger partial charge in [0.05, 0.1) is 5.52 Å². The molecule has 0 aliphatic heterocycles. The third-order valence-electron chi connectivity index (χ3n) is 4.56. The molecule has 4 aromatic rings. The van der Waals surface area contributed by atoms with Crippen molar-refractivity contribution in [2.75, 3.05) is 0 Å². The third-order valence-corrected chi connectivity index (χ3v) is 4.56. The normalized spacial score (nSPS) is 11.9. The van der Waals surface area contributed by atoms with Crippen molar-refractivity contribution in [1.29, 1.82) is 0 Å². The van der Waals surface area contributed by atoms with Gasteiger partial charge in [0.15, 0.2) is 0 Å². The van der Waals surface area contributed by atoms with Crippen LogP contribution in [0.1, 0.15) is 17.3 Å². The molecule has 1 aromatic heterocycles. The standard InChI is InChI=1S/C23H19FN2O2/c24-20-12-10-19(11-13-20)22(26-15-14-18-8-4-5-9-21(18)26)25-23(27)28-16-17-6-2-1-3-7-17/h1-15,22H,16H2,(H,25,27)/t22-/m1/s1. The first-order valence-corrected chi connectivity index (χ1v) is 8.99. The van der Waals surface area contributed by atoms with Crippen LogP contribution in [0.4, 0.5) is 9.18 Å². The Morgan fingerprint density at radius 2 is 1.64 bits per heavy atom. The lowest BCUT2D eigenvalue weighted by molar-refractivity contribution is 0.134. The molecule has 0 spiro atoms. The number of carbonyl (C=O) groups excluding carboxylic acids is 1. The summed E-state index contributed by atoms with van der Waals surface area (Å²) >= 11 is 0. The van der Waals surface area contributed by atoms with Crippen LogP contribution < -0.4 is 5.32 Å². The number of rotatable bonds is 5. The summed E-state index contributed by atoms with van der Waals surface area (Å²) in [5.41, 5.74) is 2.61. The van der Waals surface area contributed by atoms with Crippen LogP contribution in [0.25, 0.3) is 10.9 Å². The summed E-state index contributed by atoms with van der Waals surface area (Å²) in [6, 6.07) is 25.4. The number of alkyl carbamates (subject to hydrolysis) is 1. The van der Waals surface area contributed by atoms with Crippen molar-refractivity contribution < 1.29 is 13.9 Å². The number of ether oxygens (including phenoxy) is 1. The zero-order valence-electron chi connectivity index (χ0n) is 15.1. The smallest absolute Gasteiger partial charge is 0.409 e. The molecule has 3 aromatic carbocycles. The zero-order valence-corrected chi connectivity index (χ0v) is 15.1. The molecule has 28 heavy (non-hydrogen) atoms. The first-order valence-electron chi connectivity index (χ1n) is 8.99. The van der Waals surface area contributed by atoms with E-state index in [-0.39, 0.29) is 12.4 Å². The Hall–Kier alpha value is -3.60. The van der Waals surface area contributed by atoms with Crippen LogP contribution in [0, 0.1) is 5.82 Å². The minimum Gasteiger partial charge on any atom is -0.445 e. The summed E-state index contributed by atoms with van der Waals surface area (Å²) in [6.45, 7) is 0.176. The maximum atomic E-state index is 13.4. The molecule has 0 saturated heterocycles. The average Bonchev–Trinajstić information content (AvgIpc) is 3.16. The monoisotopic (exact) mass is 374 g/mol. The molecule has 5 heteroatoms. The van der Waals surface area contributed by atoms with E-state index in [1.54, 1.807) is 12.1 Å². The van der Waals surface area contributed by atoms with Crippen LogP contribution in [0.2, 0.25) is 0 Å². The fraction of sp³-hybridized carbons (Fsp3) is 0.0870. The second kappa shape index (κ2) is 7.96. The van der Waals surface area contributed by atoms with Gasteiger partial charge in [0.25, 0.3) is 0 Å². The molecule has 4 nitrogen and oxygen atoms in total. The molecular weight excluding hydrogens is 355 g/mol. The summed E-state index contributed by atoms with van der Waals surface area (Å²) in [5, 5.41) is 3.95. The SMILES string of the molecule is O=C(N[C@@H](c1ccc(F)cc1)n1ccc2ccccc21)OCc1ccccc1. The van der Waals surface area contributed by atoms with Crippen LogP contribution in [0.15, 0.2) is 91.1 Å². The van der Waals surface area contributed by atoms with Crippen molar-refractivity contribution in [3.05, 3.63) is 108 Å². The summed E-state index contributed by atoms with van der Waals surface area (Å²) in [7, 11) is 0. The maximum absolute atomic E-state index is 13.4. The molecule has 0 fully saturated rings. The molecule has 0 saturated carbocycles. The summed E-state index contributed by atoms with van der Waals surface area (Å²) in [4.78, 5) is 12.5. The molecule has 140 valence electrons. The Morgan fingerprint density at radius 3 is 2.43 bits per heavy atom. The van der Waals surface area contributed by atoms with E-state index in [0.29, 0.717) is 0 Å². The average molecular weight is 374 g/mol. The highest BCUT2D eigenvalue weighted by atomic mass is 19.1. The van der Waals surface area contributed by atoms with E-state index in [9.17, 15) is 9.18 Å². The number of aromatic nitrogens is 1. The van der Waals surface area contributed by atoms with Crippen molar-refractivity contribution >= 4 is 17.0 Å². The van der Waals surface area contributed by atoms with E-state index in [2.05, 4.69) is 5.32 Å². The van der Waals surface area contributed by atoms with Crippen molar-refractivity contribution in [2.45, 2.75) is 12.8 Å². The van der Waals surface area contributed by atoms with Crippen LogP contribution >= 0.6 is 0 Å². The summed E-state index contributed by atoms with van der Waals surface area (Å²) in [6.07, 6.45) is 0.829. The van der Waals surface area contributed by atoms with Gasteiger partial charge in [-0.15, -0.1) is 0 Å². The number of nitrogens with one attached hydrogen (secondary N) is 1. The van der Waals surface area contributed by atoms with Crippen LogP contribution in [0.3, 0.4) is 0 Å². The predicted octanol–water partition coefficient (Wildman–Crippen LogP) is 5.25. The minimum absolute atomic E-state index is 0.176. The Kier molecular flexibility index (Phi) is 5.06. The van der Waals surface area contributed by atoms with Crippen molar-refractivity contribution in [3.63, 3.8) is 0 Å². The number of fused-ring (bicyclic) bond motifs is 1. The van der Waals surface area contributed by atoms with E-state index in [4.69, 9.17) is 4.74 Å². The van der Waals surface area contributed by atoms with Gasteiger partial charge in [0.2, 0.25) is 0 Å². The van der Waals surface area contributed by atoms with Gasteiger partial charge in [-0.3, -0.25) is 5.32 Å². The summed E-state index contributed by atoms with van der Waals surface area (Å²) < 4.78 is 20.7. The molecule has 0 aliphatic rings. The summed E-state index contributed by atoms with van der Waals surface area (Å²) in [5.74, 6) is -0.327. The third kappa shape index (κ3) is 3.88. The van der Waals surface area contributed by atoms with Gasteiger partial charge in [-0.25, -0.2) is 9.18 Å². The van der Waals surface area contributed by atoms with E-state index in [0.717, 1.165) is 22.0 Å². The molecule has 0 radical (unpaired) electrons. The lowest BCUT2D eigenvalue weighted by Crippen LogP contribution is -2.33. The van der Waals surface area contributed by atoms with Gasteiger partial charge >= 0.3 is 6.09 Å². The van der Waals surface area contributed by atoms with Crippen LogP contribution in [-0.2, 0) is 11.3 Å². The second-order valence-corrected chi connectivity index (χ2v) is 6.44. The fourth-order valence-corrected chi connectivity index (χ4v) is 3.16. The largest absolute Gasteiger partial charge is 0.445 e. The first-order chi connectivity index (χ1) is 13.7. The molecule has 1 atom stereocenters. The van der Waals surface area contributed by atoms with Crippen LogP contribution in [-0.4, -0.2) is 10.7 Å². The Balaban J connectivity index is 1.60. The number of halogens is 1. The fourth-order valence-electron chi connectivity index (χ4n) is 3.16. The first kappa shape index (κ1) is 17.8. The predicted molar refractivity (Wildman–Crippen MR) is 106 cm³/mol. The van der Waals surface area contributed by atoms with Gasteiger partial charge in [0.1, 0.15) is 18.6 Å². The molecule has 4 rings (SSSR count). The highest BCUT2D eigenvalue weighted by Crippen LogP contribution is 2.24. The number of hydrogen-bond acceptors (Lipinski definition) is 2. The second-order valence-electron chi connectivity index (χ2n) is 6.44. The number of nitrogens with zero attached hydrogens (tertiary/aromatic N) is 1. The van der Waals surface area contributed by atoms with E-state index in [1.165, 1.54) is 12.1 Å². The van der Waals surface area contributed by atoms with Crippen molar-refractivity contribution in [3.8, 4) is 0 Å². The molecule has 1 N–H and O–H groups in total. The maximum Gasteiger partial charge on any atom is 0.409 e. The molecule has 1 amide bonds. The molecule has 0 unspecified atom stereocenters. The number of carbonyl (C=O) groups is 1. The van der Waals surface area contributed by atoms with Gasteiger partial charge in [-0.05, 0) is 40.8 Å². The molecule has 0 aliphatic carbocycles. The number of hydrogen-bond donors (Lipinski definition) is 1. The molecule has 0 bridgehead atoms. The lowest BCUT2D eigenvalue weighted by Gasteiger charge is -2.22. The highest BCUT2D eigenvalue weighted by Gasteiger charge is 2.19. The number of benzene rings is 3. The topological polar surface area (TPSA) is 43.3 Å². The zero-order chi connectivity index (χ0) is 19.3. The van der Waals surface area contributed by atoms with Crippen LogP contribution in [0.5, 0.6) is 0 Å². The van der Waals surface area contributed by atoms with Crippen molar-refractivity contribution in [1.82, 2.24) is 9.88 Å². The van der Waals surface area contributed by atoms with E-state index < -0.39 is 12.3 Å². The minimum atomic E-state index is -0.545. The molecular formula is C23H19FN2O2. The van der Waals surface area contributed by atoms with E-state index in [1.807, 2.05) is 71.4 Å². The molecule has 1 heterocycles. The Bertz CT molecular complexity index is 1070. The van der Waals surface area contributed by atoms with Gasteiger partial charge < -0.3 is 9.30 Å². The Labute approximate surface area is 162 Å². The Morgan fingerprint density at radius 1 is 0.929 bits per heavy atom. The quantitative estimate of drug-likeness (QED) is 0.518. The van der Waals surface area contributed by atoms with Crippen molar-refractivity contribution in [2.24, 2.45) is 0 Å². The number of para-hydroxylation sites is 1. The lowest BCUT2D eigenvalue weighted by atomic mass is 10.1. The van der Waals surface area contributed by atoms with Gasteiger partial charge in [-0.2, -0.15) is 0 Å². The van der Waals surface area contributed by atoms with Gasteiger partial charge in [-0.1, -0.05) is 60.7 Å². The van der Waals surface area contributed by atoms with Gasteiger partial charge in [0, 0.05) is 6.20 Å². The number of amides is 1.